The van der Waals surface area contributed by atoms with E-state index in [1.807, 2.05) is 13.0 Å². The Labute approximate surface area is 112 Å². The number of rotatable bonds is 3. The highest BCUT2D eigenvalue weighted by molar-refractivity contribution is 5.77. The second-order valence-corrected chi connectivity index (χ2v) is 5.72. The van der Waals surface area contributed by atoms with Crippen LogP contribution in [0.15, 0.2) is 18.5 Å². The molecule has 3 rings (SSSR count). The molecule has 2 unspecified atom stereocenters. The quantitative estimate of drug-likeness (QED) is 0.920. The zero-order valence-corrected chi connectivity index (χ0v) is 11.6. The first-order valence-electron chi connectivity index (χ1n) is 6.74. The Morgan fingerprint density at radius 3 is 3.00 bits per heavy atom. The largest absolute Gasteiger partial charge is 0.378 e. The lowest BCUT2D eigenvalue weighted by molar-refractivity contribution is -0.126. The number of nitrogens with two attached hydrogens (primary N) is 1. The Bertz CT molecular complexity index is 605. The summed E-state index contributed by atoms with van der Waals surface area (Å²) < 4.78 is 7.92. The summed E-state index contributed by atoms with van der Waals surface area (Å²) in [4.78, 5) is 8.49. The number of hydrogen-bond acceptors (Lipinski definition) is 4. The SMILES string of the molecule is CCOC1CC(n2c(N)nc3cnccc32)C1(C)C. The van der Waals surface area contributed by atoms with Crippen LogP contribution in [0.5, 0.6) is 0 Å². The van der Waals surface area contributed by atoms with Crippen molar-refractivity contribution in [2.75, 3.05) is 12.3 Å². The molecule has 2 aromatic heterocycles. The fraction of sp³-hybridized carbons (Fsp3) is 0.571. The maximum absolute atomic E-state index is 6.09. The highest BCUT2D eigenvalue weighted by Crippen LogP contribution is 2.52. The Kier molecular flexibility index (Phi) is 2.74. The van der Waals surface area contributed by atoms with E-state index in [4.69, 9.17) is 10.5 Å². The summed E-state index contributed by atoms with van der Waals surface area (Å²) in [6.45, 7) is 7.25. The van der Waals surface area contributed by atoms with Gasteiger partial charge in [-0.3, -0.25) is 4.98 Å². The summed E-state index contributed by atoms with van der Waals surface area (Å²) in [6.07, 6.45) is 4.82. The topological polar surface area (TPSA) is 66.0 Å². The van der Waals surface area contributed by atoms with Gasteiger partial charge in [0.2, 0.25) is 5.95 Å². The first kappa shape index (κ1) is 12.4. The standard InChI is InChI=1S/C14H20N4O/c1-4-19-12-7-11(14(12,2)3)18-10-5-6-16-8-9(10)17-13(18)15/h5-6,8,11-12H,4,7H2,1-3H3,(H2,15,17). The molecule has 5 heteroatoms. The number of pyridine rings is 1. The average molecular weight is 260 g/mol. The molecule has 1 aliphatic rings. The number of ether oxygens (including phenoxy) is 1. The lowest BCUT2D eigenvalue weighted by Crippen LogP contribution is -2.51. The van der Waals surface area contributed by atoms with Gasteiger partial charge in [0.05, 0.1) is 17.8 Å². The van der Waals surface area contributed by atoms with E-state index in [1.54, 1.807) is 12.4 Å². The number of anilines is 1. The molecule has 0 radical (unpaired) electrons. The van der Waals surface area contributed by atoms with E-state index < -0.39 is 0 Å². The average Bonchev–Trinajstić information content (AvgIpc) is 2.70. The molecule has 0 amide bonds. The number of nitrogen functional groups attached to an aromatic ring is 1. The summed E-state index contributed by atoms with van der Waals surface area (Å²) in [6, 6.07) is 2.31. The zero-order chi connectivity index (χ0) is 13.6. The van der Waals surface area contributed by atoms with Crippen LogP contribution in [0.25, 0.3) is 11.0 Å². The third-order valence-electron chi connectivity index (χ3n) is 4.32. The minimum absolute atomic E-state index is 0.0705. The van der Waals surface area contributed by atoms with Crippen LogP contribution in [0.1, 0.15) is 33.2 Å². The molecule has 0 spiro atoms. The molecule has 0 aromatic carbocycles. The molecule has 0 bridgehead atoms. The number of nitrogens with zero attached hydrogens (tertiary/aromatic N) is 3. The van der Waals surface area contributed by atoms with Crippen LogP contribution < -0.4 is 5.73 Å². The molecule has 2 atom stereocenters. The Morgan fingerprint density at radius 2 is 2.32 bits per heavy atom. The van der Waals surface area contributed by atoms with Gasteiger partial charge in [-0.05, 0) is 19.4 Å². The number of imidazole rings is 1. The second kappa shape index (κ2) is 4.20. The third-order valence-corrected chi connectivity index (χ3v) is 4.32. The van der Waals surface area contributed by atoms with E-state index >= 15 is 0 Å². The maximum Gasteiger partial charge on any atom is 0.201 e. The van der Waals surface area contributed by atoms with E-state index in [-0.39, 0.29) is 5.41 Å². The fourth-order valence-electron chi connectivity index (χ4n) is 3.08. The first-order chi connectivity index (χ1) is 9.05. The predicted molar refractivity (Wildman–Crippen MR) is 74.8 cm³/mol. The van der Waals surface area contributed by atoms with Crippen LogP contribution in [0.3, 0.4) is 0 Å². The van der Waals surface area contributed by atoms with Gasteiger partial charge >= 0.3 is 0 Å². The molecule has 2 heterocycles. The summed E-state index contributed by atoms with van der Waals surface area (Å²) in [5.74, 6) is 0.566. The first-order valence-corrected chi connectivity index (χ1v) is 6.74. The summed E-state index contributed by atoms with van der Waals surface area (Å²) in [5.41, 5.74) is 8.07. The molecule has 0 aliphatic heterocycles. The van der Waals surface area contributed by atoms with Gasteiger partial charge in [-0.1, -0.05) is 13.8 Å². The summed E-state index contributed by atoms with van der Waals surface area (Å²) in [5, 5.41) is 0. The van der Waals surface area contributed by atoms with Crippen molar-refractivity contribution in [1.82, 2.24) is 14.5 Å². The molecule has 5 nitrogen and oxygen atoms in total. The molecule has 1 fully saturated rings. The lowest BCUT2D eigenvalue weighted by Gasteiger charge is -2.52. The summed E-state index contributed by atoms with van der Waals surface area (Å²) >= 11 is 0. The molecule has 1 saturated carbocycles. The zero-order valence-electron chi connectivity index (χ0n) is 11.6. The Morgan fingerprint density at radius 1 is 1.53 bits per heavy atom. The molecule has 2 N–H and O–H groups in total. The third kappa shape index (κ3) is 1.72. The summed E-state index contributed by atoms with van der Waals surface area (Å²) in [7, 11) is 0. The highest BCUT2D eigenvalue weighted by atomic mass is 16.5. The monoisotopic (exact) mass is 260 g/mol. The van der Waals surface area contributed by atoms with Crippen molar-refractivity contribution in [2.24, 2.45) is 5.41 Å². The van der Waals surface area contributed by atoms with E-state index in [0.29, 0.717) is 18.1 Å². The Hall–Kier alpha value is -1.62. The van der Waals surface area contributed by atoms with Crippen molar-refractivity contribution >= 4 is 17.0 Å². The molecule has 1 aliphatic carbocycles. The minimum atomic E-state index is 0.0705. The molecular weight excluding hydrogens is 240 g/mol. The number of aromatic nitrogens is 3. The van der Waals surface area contributed by atoms with Gasteiger partial charge in [0.15, 0.2) is 0 Å². The van der Waals surface area contributed by atoms with Crippen molar-refractivity contribution in [3.05, 3.63) is 18.5 Å². The van der Waals surface area contributed by atoms with Gasteiger partial charge < -0.3 is 15.0 Å². The smallest absolute Gasteiger partial charge is 0.201 e. The van der Waals surface area contributed by atoms with Gasteiger partial charge in [-0.25, -0.2) is 4.98 Å². The van der Waals surface area contributed by atoms with Gasteiger partial charge in [0, 0.05) is 24.3 Å². The lowest BCUT2D eigenvalue weighted by atomic mass is 9.64. The van der Waals surface area contributed by atoms with Crippen LogP contribution in [-0.4, -0.2) is 27.2 Å². The van der Waals surface area contributed by atoms with Crippen molar-refractivity contribution in [3.63, 3.8) is 0 Å². The number of hydrogen-bond donors (Lipinski definition) is 1. The van der Waals surface area contributed by atoms with Crippen LogP contribution in [0.2, 0.25) is 0 Å². The normalized spacial score (nSPS) is 25.4. The van der Waals surface area contributed by atoms with Crippen molar-refractivity contribution < 1.29 is 4.74 Å². The molecule has 0 saturated heterocycles. The minimum Gasteiger partial charge on any atom is -0.378 e. The predicted octanol–water partition coefficient (Wildman–Crippen LogP) is 2.39. The van der Waals surface area contributed by atoms with Gasteiger partial charge in [0.25, 0.3) is 0 Å². The van der Waals surface area contributed by atoms with Crippen LogP contribution >= 0.6 is 0 Å². The van der Waals surface area contributed by atoms with Crippen molar-refractivity contribution in [1.29, 1.82) is 0 Å². The van der Waals surface area contributed by atoms with E-state index in [0.717, 1.165) is 24.1 Å². The van der Waals surface area contributed by atoms with Crippen LogP contribution in [0, 0.1) is 5.41 Å². The van der Waals surface area contributed by atoms with E-state index in [2.05, 4.69) is 28.4 Å². The maximum atomic E-state index is 6.09. The van der Waals surface area contributed by atoms with Gasteiger partial charge in [0.1, 0.15) is 5.52 Å². The van der Waals surface area contributed by atoms with E-state index in [1.165, 1.54) is 0 Å². The van der Waals surface area contributed by atoms with Crippen molar-refractivity contribution in [2.45, 2.75) is 39.3 Å². The second-order valence-electron chi connectivity index (χ2n) is 5.72. The van der Waals surface area contributed by atoms with Crippen molar-refractivity contribution in [3.8, 4) is 0 Å². The van der Waals surface area contributed by atoms with Crippen LogP contribution in [0.4, 0.5) is 5.95 Å². The van der Waals surface area contributed by atoms with Gasteiger partial charge in [-0.15, -0.1) is 0 Å². The van der Waals surface area contributed by atoms with Gasteiger partial charge in [-0.2, -0.15) is 0 Å². The molecule has 2 aromatic rings. The number of fused-ring (bicyclic) bond motifs is 1. The highest BCUT2D eigenvalue weighted by Gasteiger charge is 2.50. The van der Waals surface area contributed by atoms with Crippen LogP contribution in [-0.2, 0) is 4.74 Å². The Balaban J connectivity index is 2.00. The fourth-order valence-corrected chi connectivity index (χ4v) is 3.08. The molecule has 19 heavy (non-hydrogen) atoms. The molecule has 102 valence electrons. The molecular formula is C14H20N4O. The van der Waals surface area contributed by atoms with E-state index in [9.17, 15) is 0 Å².